The van der Waals surface area contributed by atoms with Crippen LogP contribution in [0.5, 0.6) is 0 Å². The molecule has 0 radical (unpaired) electrons. The van der Waals surface area contributed by atoms with E-state index in [-0.39, 0.29) is 12.3 Å². The Hall–Kier alpha value is -3.02. The van der Waals surface area contributed by atoms with Gasteiger partial charge in [0.1, 0.15) is 0 Å². The molecule has 0 spiro atoms. The molecule has 4 aromatic rings. The fraction of sp³-hybridized carbons (Fsp3) is 0.125. The topological polar surface area (TPSA) is 46.1 Å². The number of hydrogen-bond donors (Lipinski definition) is 0. The molecule has 6 heteroatoms. The zero-order chi connectivity index (χ0) is 20.8. The Labute approximate surface area is 184 Å². The third-order valence-electron chi connectivity index (χ3n) is 4.62. The second kappa shape index (κ2) is 9.65. The first-order chi connectivity index (χ1) is 14.7. The highest BCUT2D eigenvalue weighted by Gasteiger charge is 2.19. The zero-order valence-corrected chi connectivity index (χ0v) is 17.8. The van der Waals surface area contributed by atoms with Gasteiger partial charge >= 0.3 is 0 Å². The van der Waals surface area contributed by atoms with Crippen LogP contribution in [-0.4, -0.2) is 15.9 Å². The smallest absolute Gasteiger partial charge is 0.233 e. The van der Waals surface area contributed by atoms with Crippen molar-refractivity contribution in [3.8, 4) is 0 Å². The Bertz CT molecular complexity index is 1100. The largest absolute Gasteiger partial charge is 0.306 e. The van der Waals surface area contributed by atoms with E-state index in [0.717, 1.165) is 28.5 Å². The maximum atomic E-state index is 13.2. The molecule has 0 aliphatic rings. The number of aromatic nitrogens is 2. The van der Waals surface area contributed by atoms with Crippen molar-refractivity contribution in [2.24, 2.45) is 0 Å². The van der Waals surface area contributed by atoms with Gasteiger partial charge in [0, 0.05) is 28.7 Å². The maximum absolute atomic E-state index is 13.2. The molecular weight excluding hydrogens is 414 g/mol. The van der Waals surface area contributed by atoms with Gasteiger partial charge in [-0.05, 0) is 42.0 Å². The van der Waals surface area contributed by atoms with E-state index in [0.29, 0.717) is 11.6 Å². The molecule has 0 atom stereocenters. The molecule has 0 saturated heterocycles. The van der Waals surface area contributed by atoms with Gasteiger partial charge in [0.15, 0.2) is 0 Å². The van der Waals surface area contributed by atoms with E-state index < -0.39 is 0 Å². The monoisotopic (exact) mass is 433 g/mol. The van der Waals surface area contributed by atoms with Gasteiger partial charge in [0.05, 0.1) is 29.4 Å². The molecule has 0 unspecified atom stereocenters. The first kappa shape index (κ1) is 20.3. The minimum atomic E-state index is -0.0282. The van der Waals surface area contributed by atoms with Gasteiger partial charge in [0.25, 0.3) is 0 Å². The third-order valence-corrected chi connectivity index (χ3v) is 5.77. The van der Waals surface area contributed by atoms with Crippen LogP contribution in [-0.2, 0) is 24.2 Å². The van der Waals surface area contributed by atoms with E-state index in [9.17, 15) is 4.79 Å². The summed E-state index contributed by atoms with van der Waals surface area (Å²) in [5.41, 5.74) is 3.61. The van der Waals surface area contributed by atoms with E-state index in [1.54, 1.807) is 34.6 Å². The Kier molecular flexibility index (Phi) is 6.52. The number of amides is 1. The minimum Gasteiger partial charge on any atom is -0.306 e. The van der Waals surface area contributed by atoms with Crippen molar-refractivity contribution in [1.82, 2.24) is 9.97 Å². The lowest BCUT2D eigenvalue weighted by Crippen LogP contribution is -2.32. The number of halogens is 1. The summed E-state index contributed by atoms with van der Waals surface area (Å²) in [5.74, 6) is -0.0282. The van der Waals surface area contributed by atoms with E-state index in [2.05, 4.69) is 22.1 Å². The lowest BCUT2D eigenvalue weighted by Gasteiger charge is -2.22. The lowest BCUT2D eigenvalue weighted by atomic mass is 10.2. The molecule has 0 saturated carbocycles. The number of hydrogen-bond acceptors (Lipinski definition) is 4. The molecular formula is C24H20ClN3OS. The van der Waals surface area contributed by atoms with Crippen molar-refractivity contribution in [1.29, 1.82) is 0 Å². The molecule has 0 fully saturated rings. The first-order valence-electron chi connectivity index (χ1n) is 9.60. The molecule has 4 nitrogen and oxygen atoms in total. The highest BCUT2D eigenvalue weighted by molar-refractivity contribution is 7.09. The average molecular weight is 434 g/mol. The van der Waals surface area contributed by atoms with Crippen LogP contribution in [0.25, 0.3) is 0 Å². The number of nitrogens with zero attached hydrogens (tertiary/aromatic N) is 3. The fourth-order valence-electron chi connectivity index (χ4n) is 3.13. The fourth-order valence-corrected chi connectivity index (χ4v) is 4.08. The Morgan fingerprint density at radius 1 is 0.933 bits per heavy atom. The number of carbonyl (C=O) groups excluding carboxylic acids is 1. The summed E-state index contributed by atoms with van der Waals surface area (Å²) >= 11 is 7.62. The molecule has 0 N–H and O–H groups in total. The number of pyridine rings is 1. The molecule has 0 aliphatic heterocycles. The van der Waals surface area contributed by atoms with Gasteiger partial charge in [0.2, 0.25) is 5.91 Å². The van der Waals surface area contributed by atoms with Crippen molar-refractivity contribution in [3.63, 3.8) is 0 Å². The number of thiazole rings is 1. The summed E-state index contributed by atoms with van der Waals surface area (Å²) in [7, 11) is 0. The van der Waals surface area contributed by atoms with Crippen LogP contribution in [0.1, 0.15) is 22.0 Å². The third kappa shape index (κ3) is 5.32. The second-order valence-electron chi connectivity index (χ2n) is 6.85. The highest BCUT2D eigenvalue weighted by atomic mass is 35.5. The summed E-state index contributed by atoms with van der Waals surface area (Å²) in [6.07, 6.45) is 2.74. The van der Waals surface area contributed by atoms with Crippen LogP contribution in [0.3, 0.4) is 0 Å². The molecule has 150 valence electrons. The average Bonchev–Trinajstić information content (AvgIpc) is 3.21. The predicted molar refractivity (Wildman–Crippen MR) is 122 cm³/mol. The summed E-state index contributed by atoms with van der Waals surface area (Å²) < 4.78 is 0. The predicted octanol–water partition coefficient (Wildman–Crippen LogP) is 5.56. The summed E-state index contributed by atoms with van der Waals surface area (Å²) in [6, 6.07) is 23.2. The lowest BCUT2D eigenvalue weighted by molar-refractivity contribution is -0.118. The van der Waals surface area contributed by atoms with E-state index in [4.69, 9.17) is 11.6 Å². The van der Waals surface area contributed by atoms with Crippen molar-refractivity contribution in [2.45, 2.75) is 19.4 Å². The van der Waals surface area contributed by atoms with Crippen molar-refractivity contribution in [2.75, 3.05) is 4.90 Å². The summed E-state index contributed by atoms with van der Waals surface area (Å²) in [4.78, 5) is 24.0. The van der Waals surface area contributed by atoms with Gasteiger partial charge in [-0.15, -0.1) is 11.3 Å². The van der Waals surface area contributed by atoms with E-state index >= 15 is 0 Å². The molecule has 2 aromatic carbocycles. The first-order valence-corrected chi connectivity index (χ1v) is 10.9. The van der Waals surface area contributed by atoms with Crippen molar-refractivity contribution < 1.29 is 4.79 Å². The zero-order valence-electron chi connectivity index (χ0n) is 16.2. The van der Waals surface area contributed by atoms with Gasteiger partial charge < -0.3 is 4.90 Å². The van der Waals surface area contributed by atoms with Gasteiger partial charge in [-0.25, -0.2) is 4.98 Å². The normalized spacial score (nSPS) is 10.7. The SMILES string of the molecule is O=C(Cc1csc(Cc2ccccc2)n1)N(Cc1ccccn1)c1ccc(Cl)cc1. The molecule has 2 aromatic heterocycles. The molecule has 4 rings (SSSR count). The van der Waals surface area contributed by atoms with Gasteiger partial charge in [-0.1, -0.05) is 48.0 Å². The Morgan fingerprint density at radius 2 is 1.70 bits per heavy atom. The van der Waals surface area contributed by atoms with E-state index in [1.807, 2.05) is 53.9 Å². The molecule has 0 bridgehead atoms. The van der Waals surface area contributed by atoms with Crippen LogP contribution in [0.4, 0.5) is 5.69 Å². The number of carbonyl (C=O) groups is 1. The van der Waals surface area contributed by atoms with Crippen molar-refractivity contribution >= 4 is 34.5 Å². The summed E-state index contributed by atoms with van der Waals surface area (Å²) in [5, 5.41) is 3.61. The minimum absolute atomic E-state index is 0.0282. The molecule has 1 amide bonds. The standard InChI is InChI=1S/C24H20ClN3OS/c25-19-9-11-22(12-10-19)28(16-20-8-4-5-13-26-20)24(29)15-21-17-30-23(27-21)14-18-6-2-1-3-7-18/h1-13,17H,14-16H2. The molecule has 2 heterocycles. The van der Waals surface area contributed by atoms with Gasteiger partial charge in [-0.2, -0.15) is 0 Å². The van der Waals surface area contributed by atoms with Crippen LogP contribution >= 0.6 is 22.9 Å². The van der Waals surface area contributed by atoms with Crippen LogP contribution in [0.2, 0.25) is 5.02 Å². The summed E-state index contributed by atoms with van der Waals surface area (Å²) in [6.45, 7) is 0.391. The Morgan fingerprint density at radius 3 is 2.43 bits per heavy atom. The second-order valence-corrected chi connectivity index (χ2v) is 8.23. The number of anilines is 1. The van der Waals surface area contributed by atoms with Crippen LogP contribution in [0, 0.1) is 0 Å². The molecule has 0 aliphatic carbocycles. The maximum Gasteiger partial charge on any atom is 0.233 e. The Balaban J connectivity index is 1.51. The van der Waals surface area contributed by atoms with Crippen LogP contribution < -0.4 is 4.90 Å². The van der Waals surface area contributed by atoms with Crippen LogP contribution in [0.15, 0.2) is 84.4 Å². The highest BCUT2D eigenvalue weighted by Crippen LogP contribution is 2.22. The quantitative estimate of drug-likeness (QED) is 0.383. The number of benzene rings is 2. The molecule has 30 heavy (non-hydrogen) atoms. The van der Waals surface area contributed by atoms with Crippen molar-refractivity contribution in [3.05, 3.63) is 111 Å². The van der Waals surface area contributed by atoms with E-state index in [1.165, 1.54) is 5.56 Å². The van der Waals surface area contributed by atoms with Gasteiger partial charge in [-0.3, -0.25) is 9.78 Å². The number of rotatable bonds is 7.